The Hall–Kier alpha value is -1.10. The van der Waals surface area contributed by atoms with Crippen LogP contribution in [0.3, 0.4) is 0 Å². The molecule has 0 saturated carbocycles. The molecule has 0 aliphatic rings. The van der Waals surface area contributed by atoms with Crippen LogP contribution in [0.5, 0.6) is 0 Å². The van der Waals surface area contributed by atoms with Crippen LogP contribution in [0.25, 0.3) is 0 Å². The average molecular weight is 222 g/mol. The van der Waals surface area contributed by atoms with Gasteiger partial charge in [0.25, 0.3) is 0 Å². The summed E-state index contributed by atoms with van der Waals surface area (Å²) in [4.78, 5) is 0. The number of hydrogen-bond donors (Lipinski definition) is 1. The molecule has 0 aromatic heterocycles. The monoisotopic (exact) mass is 222 g/mol. The van der Waals surface area contributed by atoms with Gasteiger partial charge in [0.05, 0.1) is 11.7 Å². The molecule has 0 radical (unpaired) electrons. The summed E-state index contributed by atoms with van der Waals surface area (Å²) < 4.78 is 49.6. The highest BCUT2D eigenvalue weighted by Gasteiger charge is 2.30. The molecular formula is C10H10F4O. The smallest absolute Gasteiger partial charge is 0.390 e. The van der Waals surface area contributed by atoms with Crippen LogP contribution >= 0.6 is 0 Å². The number of halogens is 4. The normalized spacial score (nSPS) is 16.1. The lowest BCUT2D eigenvalue weighted by Crippen LogP contribution is -2.10. The maximum Gasteiger partial charge on any atom is 0.416 e. The molecule has 0 spiro atoms. The second-order valence-corrected chi connectivity index (χ2v) is 3.26. The SMILES string of the molecule is CC(O)C(F)c1ccc(C(F)(F)F)cc1. The number of benzene rings is 1. The zero-order chi connectivity index (χ0) is 11.6. The van der Waals surface area contributed by atoms with E-state index in [1.165, 1.54) is 6.92 Å². The van der Waals surface area contributed by atoms with Crippen LogP contribution in [0.1, 0.15) is 24.2 Å². The standard InChI is InChI=1S/C10H10F4O/c1-6(15)9(11)7-2-4-8(5-3-7)10(12,13)14/h2-6,9,15H,1H3. The maximum atomic E-state index is 13.2. The molecule has 0 bridgehead atoms. The van der Waals surface area contributed by atoms with E-state index in [0.717, 1.165) is 24.3 Å². The Bertz CT molecular complexity index is 315. The van der Waals surface area contributed by atoms with E-state index in [1.807, 2.05) is 0 Å². The molecule has 1 N–H and O–H groups in total. The molecule has 1 aromatic rings. The van der Waals surface area contributed by atoms with Crippen LogP contribution in [0.4, 0.5) is 17.6 Å². The van der Waals surface area contributed by atoms with Gasteiger partial charge >= 0.3 is 6.18 Å². The van der Waals surface area contributed by atoms with E-state index in [-0.39, 0.29) is 5.56 Å². The third kappa shape index (κ3) is 2.92. The van der Waals surface area contributed by atoms with Crippen LogP contribution in [0.15, 0.2) is 24.3 Å². The zero-order valence-electron chi connectivity index (χ0n) is 7.92. The van der Waals surface area contributed by atoms with Gasteiger partial charge in [-0.05, 0) is 24.6 Å². The van der Waals surface area contributed by atoms with Crippen molar-refractivity contribution in [1.82, 2.24) is 0 Å². The first kappa shape index (κ1) is 12.0. The van der Waals surface area contributed by atoms with E-state index in [4.69, 9.17) is 5.11 Å². The highest BCUT2D eigenvalue weighted by Crippen LogP contribution is 2.30. The molecule has 84 valence electrons. The summed E-state index contributed by atoms with van der Waals surface area (Å²) in [5.74, 6) is 0. The highest BCUT2D eigenvalue weighted by molar-refractivity contribution is 5.26. The Morgan fingerprint density at radius 1 is 1.13 bits per heavy atom. The second-order valence-electron chi connectivity index (χ2n) is 3.26. The first-order valence-electron chi connectivity index (χ1n) is 4.31. The van der Waals surface area contributed by atoms with Gasteiger partial charge in [0.15, 0.2) is 6.17 Å². The molecule has 0 aliphatic heterocycles. The minimum Gasteiger partial charge on any atom is -0.390 e. The van der Waals surface area contributed by atoms with Gasteiger partial charge in [-0.1, -0.05) is 12.1 Å². The lowest BCUT2D eigenvalue weighted by molar-refractivity contribution is -0.137. The van der Waals surface area contributed by atoms with Crippen molar-refractivity contribution in [2.45, 2.75) is 25.4 Å². The largest absolute Gasteiger partial charge is 0.416 e. The van der Waals surface area contributed by atoms with Gasteiger partial charge in [-0.15, -0.1) is 0 Å². The molecule has 1 rings (SSSR count). The Balaban J connectivity index is 2.91. The molecule has 1 aromatic carbocycles. The van der Waals surface area contributed by atoms with E-state index < -0.39 is 24.0 Å². The van der Waals surface area contributed by atoms with E-state index in [9.17, 15) is 17.6 Å². The number of rotatable bonds is 2. The average Bonchev–Trinajstić information content (AvgIpc) is 2.15. The number of hydrogen-bond acceptors (Lipinski definition) is 1. The summed E-state index contributed by atoms with van der Waals surface area (Å²) >= 11 is 0. The Kier molecular flexibility index (Phi) is 3.34. The molecule has 0 heterocycles. The third-order valence-corrected chi connectivity index (χ3v) is 1.98. The van der Waals surface area contributed by atoms with Crippen molar-refractivity contribution in [2.24, 2.45) is 0 Å². The Morgan fingerprint density at radius 3 is 1.93 bits per heavy atom. The molecule has 0 aliphatic carbocycles. The van der Waals surface area contributed by atoms with Crippen molar-refractivity contribution < 1.29 is 22.7 Å². The first-order chi connectivity index (χ1) is 6.82. The van der Waals surface area contributed by atoms with Crippen LogP contribution in [-0.4, -0.2) is 11.2 Å². The van der Waals surface area contributed by atoms with Gasteiger partial charge < -0.3 is 5.11 Å². The topological polar surface area (TPSA) is 20.2 Å². The summed E-state index contributed by atoms with van der Waals surface area (Å²) in [5, 5.41) is 8.91. The van der Waals surface area contributed by atoms with Crippen LogP contribution in [-0.2, 0) is 6.18 Å². The molecule has 15 heavy (non-hydrogen) atoms. The van der Waals surface area contributed by atoms with E-state index >= 15 is 0 Å². The van der Waals surface area contributed by atoms with Gasteiger partial charge in [0, 0.05) is 0 Å². The van der Waals surface area contributed by atoms with Crippen molar-refractivity contribution in [2.75, 3.05) is 0 Å². The highest BCUT2D eigenvalue weighted by atomic mass is 19.4. The molecule has 0 saturated heterocycles. The molecule has 2 atom stereocenters. The summed E-state index contributed by atoms with van der Waals surface area (Å²) in [6.45, 7) is 1.24. The van der Waals surface area contributed by atoms with Gasteiger partial charge in [-0.3, -0.25) is 0 Å². The molecule has 1 nitrogen and oxygen atoms in total. The summed E-state index contributed by atoms with van der Waals surface area (Å²) in [7, 11) is 0. The van der Waals surface area contributed by atoms with Crippen LogP contribution in [0.2, 0.25) is 0 Å². The lowest BCUT2D eigenvalue weighted by atomic mass is 10.0. The van der Waals surface area contributed by atoms with Gasteiger partial charge in [0.2, 0.25) is 0 Å². The van der Waals surface area contributed by atoms with Crippen molar-refractivity contribution in [3.63, 3.8) is 0 Å². The summed E-state index contributed by atoms with van der Waals surface area (Å²) in [6, 6.07) is 3.65. The lowest BCUT2D eigenvalue weighted by Gasteiger charge is -2.12. The predicted molar refractivity (Wildman–Crippen MR) is 47.0 cm³/mol. The Labute approximate surface area is 84.3 Å². The minimum atomic E-state index is -4.42. The first-order valence-corrected chi connectivity index (χ1v) is 4.31. The fourth-order valence-electron chi connectivity index (χ4n) is 1.13. The second kappa shape index (κ2) is 4.18. The summed E-state index contributed by atoms with van der Waals surface area (Å²) in [6.07, 6.45) is -7.32. The fourth-order valence-corrected chi connectivity index (χ4v) is 1.13. The Morgan fingerprint density at radius 2 is 1.60 bits per heavy atom. The quantitative estimate of drug-likeness (QED) is 0.762. The summed E-state index contributed by atoms with van der Waals surface area (Å²) in [5.41, 5.74) is -0.790. The number of aliphatic hydroxyl groups is 1. The minimum absolute atomic E-state index is 0.0398. The maximum absolute atomic E-state index is 13.2. The van der Waals surface area contributed by atoms with Crippen LogP contribution < -0.4 is 0 Å². The predicted octanol–water partition coefficient (Wildman–Crippen LogP) is 3.10. The van der Waals surface area contributed by atoms with Crippen LogP contribution in [0, 0.1) is 0 Å². The van der Waals surface area contributed by atoms with Crippen molar-refractivity contribution in [1.29, 1.82) is 0 Å². The molecule has 5 heteroatoms. The molecule has 0 fully saturated rings. The van der Waals surface area contributed by atoms with E-state index in [2.05, 4.69) is 0 Å². The zero-order valence-corrected chi connectivity index (χ0v) is 7.92. The number of aliphatic hydroxyl groups excluding tert-OH is 1. The van der Waals surface area contributed by atoms with Crippen molar-refractivity contribution in [3.05, 3.63) is 35.4 Å². The van der Waals surface area contributed by atoms with Gasteiger partial charge in [-0.2, -0.15) is 13.2 Å². The van der Waals surface area contributed by atoms with E-state index in [1.54, 1.807) is 0 Å². The molecular weight excluding hydrogens is 212 g/mol. The van der Waals surface area contributed by atoms with Crippen molar-refractivity contribution >= 4 is 0 Å². The van der Waals surface area contributed by atoms with E-state index in [0.29, 0.717) is 0 Å². The van der Waals surface area contributed by atoms with Crippen molar-refractivity contribution in [3.8, 4) is 0 Å². The van der Waals surface area contributed by atoms with Gasteiger partial charge in [-0.25, -0.2) is 4.39 Å². The van der Waals surface area contributed by atoms with Gasteiger partial charge in [0.1, 0.15) is 0 Å². The molecule has 2 unspecified atom stereocenters. The molecule has 0 amide bonds. The number of alkyl halides is 4. The fraction of sp³-hybridized carbons (Fsp3) is 0.400. The third-order valence-electron chi connectivity index (χ3n) is 1.98.